The smallest absolute Gasteiger partial charge is 0.276 e. The predicted molar refractivity (Wildman–Crippen MR) is 77.1 cm³/mol. The topological polar surface area (TPSA) is 71.2 Å². The number of amides is 1. The van der Waals surface area contributed by atoms with Gasteiger partial charge >= 0.3 is 0 Å². The predicted octanol–water partition coefficient (Wildman–Crippen LogP) is 1.25. The summed E-state index contributed by atoms with van der Waals surface area (Å²) < 4.78 is 0. The summed E-state index contributed by atoms with van der Waals surface area (Å²) in [5, 5.41) is 17.6. The molecule has 1 amide bonds. The van der Waals surface area contributed by atoms with E-state index in [1.165, 1.54) is 11.0 Å². The van der Waals surface area contributed by atoms with Gasteiger partial charge in [-0.25, -0.2) is 0 Å². The first-order valence-electron chi connectivity index (χ1n) is 7.19. The van der Waals surface area contributed by atoms with Gasteiger partial charge in [0.25, 0.3) is 5.91 Å². The van der Waals surface area contributed by atoms with E-state index in [0.29, 0.717) is 12.2 Å². The van der Waals surface area contributed by atoms with E-state index in [9.17, 15) is 4.79 Å². The highest BCUT2D eigenvalue weighted by molar-refractivity contribution is 5.92. The summed E-state index contributed by atoms with van der Waals surface area (Å²) >= 11 is 0. The van der Waals surface area contributed by atoms with Crippen LogP contribution in [0.25, 0.3) is 5.69 Å². The molecular formula is C15H18N4O2. The summed E-state index contributed by atoms with van der Waals surface area (Å²) in [6.45, 7) is 0.316. The molecule has 1 aromatic carbocycles. The molecule has 0 atom stereocenters. The van der Waals surface area contributed by atoms with Crippen LogP contribution in [0.1, 0.15) is 29.8 Å². The van der Waals surface area contributed by atoms with Crippen molar-refractivity contribution in [3.63, 3.8) is 0 Å². The van der Waals surface area contributed by atoms with Crippen LogP contribution < -0.4 is 0 Å². The molecular weight excluding hydrogens is 268 g/mol. The molecule has 1 saturated carbocycles. The third-order valence-corrected chi connectivity index (χ3v) is 3.82. The molecule has 2 aromatic rings. The zero-order valence-corrected chi connectivity index (χ0v) is 11.7. The molecule has 1 aliphatic carbocycles. The molecule has 3 rings (SSSR count). The van der Waals surface area contributed by atoms with E-state index in [0.717, 1.165) is 24.9 Å². The zero-order chi connectivity index (χ0) is 14.7. The lowest BCUT2D eigenvalue weighted by atomic mass is 9.91. The van der Waals surface area contributed by atoms with E-state index in [-0.39, 0.29) is 18.6 Å². The van der Waals surface area contributed by atoms with Gasteiger partial charge in [-0.15, -0.1) is 5.10 Å². The molecule has 0 saturated heterocycles. The van der Waals surface area contributed by atoms with Gasteiger partial charge in [-0.3, -0.25) is 4.79 Å². The SMILES string of the molecule is O=C(c1cnn(-c2ccccc2)n1)N(CCO)C1CCC1. The van der Waals surface area contributed by atoms with Crippen LogP contribution in [-0.2, 0) is 0 Å². The van der Waals surface area contributed by atoms with Gasteiger partial charge in [-0.2, -0.15) is 9.90 Å². The normalized spacial score (nSPS) is 14.7. The molecule has 6 nitrogen and oxygen atoms in total. The largest absolute Gasteiger partial charge is 0.395 e. The number of hydrogen-bond donors (Lipinski definition) is 1. The van der Waals surface area contributed by atoms with Gasteiger partial charge in [-0.05, 0) is 31.4 Å². The monoisotopic (exact) mass is 286 g/mol. The second-order valence-corrected chi connectivity index (χ2v) is 5.16. The number of aliphatic hydroxyl groups is 1. The van der Waals surface area contributed by atoms with Gasteiger partial charge in [0, 0.05) is 12.6 Å². The van der Waals surface area contributed by atoms with Crippen molar-refractivity contribution in [2.24, 2.45) is 0 Å². The number of carbonyl (C=O) groups excluding carboxylic acids is 1. The molecule has 1 N–H and O–H groups in total. The Morgan fingerprint density at radius 2 is 2.10 bits per heavy atom. The van der Waals surface area contributed by atoms with Crippen LogP contribution in [0.15, 0.2) is 36.5 Å². The number of benzene rings is 1. The molecule has 0 spiro atoms. The minimum atomic E-state index is -0.157. The lowest BCUT2D eigenvalue weighted by Gasteiger charge is -2.36. The molecule has 1 aliphatic rings. The number of carbonyl (C=O) groups is 1. The Labute approximate surface area is 123 Å². The average Bonchev–Trinajstić information content (AvgIpc) is 2.95. The fourth-order valence-electron chi connectivity index (χ4n) is 2.45. The molecule has 0 unspecified atom stereocenters. The van der Waals surface area contributed by atoms with E-state index in [1.807, 2.05) is 30.3 Å². The van der Waals surface area contributed by atoms with Crippen LogP contribution in [0.3, 0.4) is 0 Å². The molecule has 0 radical (unpaired) electrons. The van der Waals surface area contributed by atoms with Crippen molar-refractivity contribution in [2.45, 2.75) is 25.3 Å². The van der Waals surface area contributed by atoms with Crippen LogP contribution >= 0.6 is 0 Å². The minimum Gasteiger partial charge on any atom is -0.395 e. The zero-order valence-electron chi connectivity index (χ0n) is 11.7. The third kappa shape index (κ3) is 2.80. The summed E-state index contributed by atoms with van der Waals surface area (Å²) in [5.41, 5.74) is 1.13. The van der Waals surface area contributed by atoms with Crippen LogP contribution in [0.4, 0.5) is 0 Å². The van der Waals surface area contributed by atoms with E-state index in [1.54, 1.807) is 4.90 Å². The van der Waals surface area contributed by atoms with E-state index in [2.05, 4.69) is 10.2 Å². The van der Waals surface area contributed by atoms with Crippen molar-refractivity contribution in [2.75, 3.05) is 13.2 Å². The molecule has 1 fully saturated rings. The highest BCUT2D eigenvalue weighted by Gasteiger charge is 2.30. The van der Waals surface area contributed by atoms with Crippen LogP contribution in [-0.4, -0.2) is 50.1 Å². The molecule has 1 aromatic heterocycles. The van der Waals surface area contributed by atoms with Crippen molar-refractivity contribution >= 4 is 5.91 Å². The molecule has 6 heteroatoms. The first-order valence-corrected chi connectivity index (χ1v) is 7.19. The molecule has 0 bridgehead atoms. The van der Waals surface area contributed by atoms with Crippen molar-refractivity contribution < 1.29 is 9.90 Å². The number of para-hydroxylation sites is 1. The maximum atomic E-state index is 12.5. The lowest BCUT2D eigenvalue weighted by molar-refractivity contribution is 0.0519. The summed E-state index contributed by atoms with van der Waals surface area (Å²) in [4.78, 5) is 15.7. The quantitative estimate of drug-likeness (QED) is 0.898. The Morgan fingerprint density at radius 3 is 2.71 bits per heavy atom. The molecule has 110 valence electrons. The van der Waals surface area contributed by atoms with Gasteiger partial charge in [0.2, 0.25) is 0 Å². The Kier molecular flexibility index (Phi) is 3.96. The Bertz CT molecular complexity index is 607. The summed E-state index contributed by atoms with van der Waals surface area (Å²) in [6, 6.07) is 9.70. The van der Waals surface area contributed by atoms with Gasteiger partial charge in [-0.1, -0.05) is 18.2 Å². The van der Waals surface area contributed by atoms with Crippen molar-refractivity contribution in [1.82, 2.24) is 19.9 Å². The van der Waals surface area contributed by atoms with Crippen molar-refractivity contribution in [3.8, 4) is 5.69 Å². The minimum absolute atomic E-state index is 0.0327. The first kappa shape index (κ1) is 13.8. The van der Waals surface area contributed by atoms with Crippen LogP contribution in [0.2, 0.25) is 0 Å². The molecule has 1 heterocycles. The maximum absolute atomic E-state index is 12.5. The first-order chi connectivity index (χ1) is 10.3. The second-order valence-electron chi connectivity index (χ2n) is 5.16. The lowest BCUT2D eigenvalue weighted by Crippen LogP contribution is -2.45. The van der Waals surface area contributed by atoms with Crippen molar-refractivity contribution in [3.05, 3.63) is 42.2 Å². The Balaban J connectivity index is 1.79. The standard InChI is InChI=1S/C15H18N4O2/c20-10-9-18(12-7-4-8-12)15(21)14-11-16-19(17-14)13-5-2-1-3-6-13/h1-3,5-6,11-12,20H,4,7-10H2. The number of aromatic nitrogens is 3. The van der Waals surface area contributed by atoms with E-state index in [4.69, 9.17) is 5.11 Å². The Morgan fingerprint density at radius 1 is 1.33 bits per heavy atom. The number of rotatable bonds is 5. The van der Waals surface area contributed by atoms with E-state index < -0.39 is 0 Å². The second kappa shape index (κ2) is 6.05. The summed E-state index contributed by atoms with van der Waals surface area (Å²) in [7, 11) is 0. The highest BCUT2D eigenvalue weighted by Crippen LogP contribution is 2.25. The fraction of sp³-hybridized carbons (Fsp3) is 0.400. The molecule has 21 heavy (non-hydrogen) atoms. The summed E-state index contributed by atoms with van der Waals surface area (Å²) in [6.07, 6.45) is 4.62. The highest BCUT2D eigenvalue weighted by atomic mass is 16.3. The van der Waals surface area contributed by atoms with Gasteiger partial charge in [0.05, 0.1) is 18.5 Å². The maximum Gasteiger partial charge on any atom is 0.276 e. The van der Waals surface area contributed by atoms with Gasteiger partial charge in [0.15, 0.2) is 5.69 Å². The number of nitrogens with zero attached hydrogens (tertiary/aromatic N) is 4. The van der Waals surface area contributed by atoms with Gasteiger partial charge in [0.1, 0.15) is 0 Å². The van der Waals surface area contributed by atoms with Crippen LogP contribution in [0, 0.1) is 0 Å². The fourth-order valence-corrected chi connectivity index (χ4v) is 2.45. The van der Waals surface area contributed by atoms with E-state index >= 15 is 0 Å². The number of hydrogen-bond acceptors (Lipinski definition) is 4. The number of aliphatic hydroxyl groups excluding tert-OH is 1. The third-order valence-electron chi connectivity index (χ3n) is 3.82. The van der Waals surface area contributed by atoms with Gasteiger partial charge < -0.3 is 10.0 Å². The molecule has 0 aliphatic heterocycles. The Hall–Kier alpha value is -2.21. The average molecular weight is 286 g/mol. The summed E-state index contributed by atoms with van der Waals surface area (Å²) in [5.74, 6) is -0.157. The van der Waals surface area contributed by atoms with Crippen LogP contribution in [0.5, 0.6) is 0 Å². The van der Waals surface area contributed by atoms with Crippen molar-refractivity contribution in [1.29, 1.82) is 0 Å².